The first kappa shape index (κ1) is 23.5. The summed E-state index contributed by atoms with van der Waals surface area (Å²) in [4.78, 5) is 0.310. The molecule has 0 N–H and O–H groups in total. The average Bonchev–Trinajstić information content (AvgIpc) is 2.99. The first-order valence-corrected chi connectivity index (χ1v) is 11.3. The molecule has 0 saturated heterocycles. The topological polar surface area (TPSA) is 37.2 Å². The highest BCUT2D eigenvalue weighted by molar-refractivity contribution is 9.10. The van der Waals surface area contributed by atoms with Crippen LogP contribution in [0.15, 0.2) is 62.8 Å². The van der Waals surface area contributed by atoms with Crippen LogP contribution in [0, 0.1) is 0 Å². The molecule has 30 heavy (non-hydrogen) atoms. The van der Waals surface area contributed by atoms with Crippen LogP contribution in [0.4, 0.5) is 13.2 Å². The van der Waals surface area contributed by atoms with Crippen molar-refractivity contribution >= 4 is 50.3 Å². The van der Waals surface area contributed by atoms with Crippen molar-refractivity contribution in [1.29, 1.82) is 0 Å². The van der Waals surface area contributed by atoms with E-state index in [-0.39, 0.29) is 28.4 Å². The number of alkyl halides is 3. The summed E-state index contributed by atoms with van der Waals surface area (Å²) >= 11 is 13.0. The Labute approximate surface area is 193 Å². The average molecular weight is 541 g/mol. The summed E-state index contributed by atoms with van der Waals surface area (Å²) < 4.78 is 61.3. The van der Waals surface area contributed by atoms with Gasteiger partial charge in [0, 0.05) is 33.4 Å². The molecule has 1 aromatic heterocycles. The van der Waals surface area contributed by atoms with Crippen LogP contribution in [-0.2, 0) is 28.8 Å². The van der Waals surface area contributed by atoms with Crippen molar-refractivity contribution in [2.45, 2.75) is 29.6 Å². The molecule has 2 aromatic carbocycles. The fraction of sp³-hybridized carbons (Fsp3) is 0.200. The predicted molar refractivity (Wildman–Crippen MR) is 115 cm³/mol. The number of hydrogen-bond donors (Lipinski definition) is 0. The SMILES string of the molecule is CCOCn1c(-c2ccc(Cl)cc2)c([S+]([O-])c2ccc(Cl)cc2)c(Br)c1C(F)(F)F. The maximum Gasteiger partial charge on any atom is 0.432 e. The van der Waals surface area contributed by atoms with Crippen molar-refractivity contribution in [2.75, 3.05) is 6.61 Å². The Balaban J connectivity index is 2.32. The van der Waals surface area contributed by atoms with Crippen molar-refractivity contribution in [1.82, 2.24) is 4.57 Å². The third-order valence-electron chi connectivity index (χ3n) is 4.19. The minimum atomic E-state index is -4.71. The van der Waals surface area contributed by atoms with E-state index in [0.29, 0.717) is 20.5 Å². The number of halogens is 6. The zero-order valence-corrected chi connectivity index (χ0v) is 19.4. The Morgan fingerprint density at radius 1 is 1.03 bits per heavy atom. The van der Waals surface area contributed by atoms with E-state index in [2.05, 4.69) is 15.9 Å². The van der Waals surface area contributed by atoms with Crippen LogP contribution in [0.5, 0.6) is 0 Å². The van der Waals surface area contributed by atoms with Crippen LogP contribution in [0.25, 0.3) is 11.3 Å². The Morgan fingerprint density at radius 3 is 2.07 bits per heavy atom. The van der Waals surface area contributed by atoms with Gasteiger partial charge in [-0.3, -0.25) is 0 Å². The zero-order chi connectivity index (χ0) is 22.1. The lowest BCUT2D eigenvalue weighted by Crippen LogP contribution is -2.16. The lowest BCUT2D eigenvalue weighted by Gasteiger charge is -2.16. The van der Waals surface area contributed by atoms with Gasteiger partial charge in [-0.25, -0.2) is 0 Å². The number of rotatable bonds is 6. The van der Waals surface area contributed by atoms with Gasteiger partial charge in [0.1, 0.15) is 22.6 Å². The van der Waals surface area contributed by atoms with E-state index >= 15 is 0 Å². The Bertz CT molecular complexity index is 1020. The summed E-state index contributed by atoms with van der Waals surface area (Å²) in [6.45, 7) is 1.53. The van der Waals surface area contributed by atoms with E-state index in [1.807, 2.05) is 0 Å². The molecule has 0 aliphatic rings. The Kier molecular flexibility index (Phi) is 7.48. The van der Waals surface area contributed by atoms with E-state index < -0.39 is 23.0 Å². The van der Waals surface area contributed by atoms with Crippen LogP contribution >= 0.6 is 39.1 Å². The molecule has 0 spiro atoms. The number of benzene rings is 2. The van der Waals surface area contributed by atoms with Gasteiger partial charge in [-0.15, -0.1) is 0 Å². The Morgan fingerprint density at radius 2 is 1.57 bits per heavy atom. The number of nitrogens with zero attached hydrogens (tertiary/aromatic N) is 1. The first-order valence-electron chi connectivity index (χ1n) is 8.65. The summed E-state index contributed by atoms with van der Waals surface area (Å²) in [5.74, 6) is 0. The van der Waals surface area contributed by atoms with E-state index in [0.717, 1.165) is 4.57 Å². The van der Waals surface area contributed by atoms with Crippen molar-refractivity contribution in [3.8, 4) is 11.3 Å². The molecule has 0 bridgehead atoms. The molecule has 0 amide bonds. The quantitative estimate of drug-likeness (QED) is 0.305. The molecule has 0 fully saturated rings. The second-order valence-corrected chi connectivity index (χ2v) is 9.20. The molecule has 0 saturated carbocycles. The molecular formula is C20H15BrCl2F3NO2S. The van der Waals surface area contributed by atoms with Crippen LogP contribution in [0.3, 0.4) is 0 Å². The van der Waals surface area contributed by atoms with Gasteiger partial charge in [-0.1, -0.05) is 35.3 Å². The molecule has 10 heteroatoms. The summed E-state index contributed by atoms with van der Waals surface area (Å²) in [7, 11) is 0. The Hall–Kier alpha value is -1.16. The number of aromatic nitrogens is 1. The highest BCUT2D eigenvalue weighted by atomic mass is 79.9. The van der Waals surface area contributed by atoms with E-state index in [1.54, 1.807) is 31.2 Å². The predicted octanol–water partition coefficient (Wildman–Crippen LogP) is 7.40. The van der Waals surface area contributed by atoms with Crippen molar-refractivity contribution in [3.63, 3.8) is 0 Å². The normalized spacial score (nSPS) is 12.9. The lowest BCUT2D eigenvalue weighted by molar-refractivity contribution is -0.146. The number of hydrogen-bond acceptors (Lipinski definition) is 2. The molecule has 0 radical (unpaired) electrons. The van der Waals surface area contributed by atoms with E-state index in [9.17, 15) is 17.7 Å². The van der Waals surface area contributed by atoms with Gasteiger partial charge in [0.05, 0.1) is 0 Å². The van der Waals surface area contributed by atoms with Crippen molar-refractivity contribution in [2.24, 2.45) is 0 Å². The van der Waals surface area contributed by atoms with Gasteiger partial charge in [-0.2, -0.15) is 13.2 Å². The van der Waals surface area contributed by atoms with Crippen LogP contribution in [0.1, 0.15) is 12.6 Å². The number of ether oxygens (including phenoxy) is 1. The minimum absolute atomic E-state index is 0.00771. The highest BCUT2D eigenvalue weighted by Crippen LogP contribution is 2.47. The molecule has 160 valence electrons. The minimum Gasteiger partial charge on any atom is -0.606 e. The summed E-state index contributed by atoms with van der Waals surface area (Å²) in [6, 6.07) is 12.4. The monoisotopic (exact) mass is 539 g/mol. The maximum atomic E-state index is 14.0. The first-order chi connectivity index (χ1) is 14.1. The van der Waals surface area contributed by atoms with Crippen LogP contribution < -0.4 is 0 Å². The third-order valence-corrected chi connectivity index (χ3v) is 7.19. The van der Waals surface area contributed by atoms with Gasteiger partial charge >= 0.3 is 6.18 Å². The second-order valence-electron chi connectivity index (χ2n) is 6.12. The zero-order valence-electron chi connectivity index (χ0n) is 15.5. The van der Waals surface area contributed by atoms with E-state index in [4.69, 9.17) is 27.9 Å². The summed E-state index contributed by atoms with van der Waals surface area (Å²) in [5.41, 5.74) is -0.418. The molecule has 3 nitrogen and oxygen atoms in total. The van der Waals surface area contributed by atoms with Gasteiger partial charge in [-0.05, 0) is 59.3 Å². The smallest absolute Gasteiger partial charge is 0.432 e. The standard InChI is InChI=1S/C20H15BrCl2F3NO2S/c1-2-29-11-27-17(12-3-5-13(22)6-4-12)18(16(21)19(27)20(24,25)26)30(28)15-9-7-14(23)8-10-15/h3-10H,2,11H2,1H3. The van der Waals surface area contributed by atoms with E-state index in [1.165, 1.54) is 24.3 Å². The summed E-state index contributed by atoms with van der Waals surface area (Å²) in [6.07, 6.45) is -4.71. The fourth-order valence-corrected chi connectivity index (χ4v) is 5.50. The highest BCUT2D eigenvalue weighted by Gasteiger charge is 2.44. The molecule has 0 aliphatic heterocycles. The summed E-state index contributed by atoms with van der Waals surface area (Å²) in [5, 5.41) is 0.856. The van der Waals surface area contributed by atoms with Crippen LogP contribution in [-0.4, -0.2) is 15.7 Å². The third kappa shape index (κ3) is 4.84. The molecule has 1 atom stereocenters. The lowest BCUT2D eigenvalue weighted by atomic mass is 10.1. The molecule has 1 heterocycles. The van der Waals surface area contributed by atoms with Gasteiger partial charge < -0.3 is 13.9 Å². The van der Waals surface area contributed by atoms with Gasteiger partial charge in [0.2, 0.25) is 0 Å². The van der Waals surface area contributed by atoms with Gasteiger partial charge in [0.25, 0.3) is 0 Å². The van der Waals surface area contributed by atoms with Crippen molar-refractivity contribution < 1.29 is 22.5 Å². The fourth-order valence-electron chi connectivity index (χ4n) is 2.89. The molecule has 3 aromatic rings. The van der Waals surface area contributed by atoms with Crippen LogP contribution in [0.2, 0.25) is 10.0 Å². The molecule has 1 unspecified atom stereocenters. The molecule has 0 aliphatic carbocycles. The largest absolute Gasteiger partial charge is 0.606 e. The molecule has 3 rings (SSSR count). The van der Waals surface area contributed by atoms with Crippen molar-refractivity contribution in [3.05, 3.63) is 68.7 Å². The maximum absolute atomic E-state index is 14.0. The van der Waals surface area contributed by atoms with Gasteiger partial charge in [0.15, 0.2) is 9.79 Å². The second kappa shape index (κ2) is 9.54. The molecular weight excluding hydrogens is 526 g/mol.